The van der Waals surface area contributed by atoms with Gasteiger partial charge < -0.3 is 0 Å². The highest BCUT2D eigenvalue weighted by Crippen LogP contribution is 2.06. The summed E-state index contributed by atoms with van der Waals surface area (Å²) in [6, 6.07) is 0. The number of hydrogen-bond acceptors (Lipinski definition) is 2. The fraction of sp³-hybridized carbons (Fsp3) is 1.00. The van der Waals surface area contributed by atoms with Crippen LogP contribution in [0.3, 0.4) is 0 Å². The fourth-order valence-electron chi connectivity index (χ4n) is 0.976. The highest BCUT2D eigenvalue weighted by molar-refractivity contribution is 7.88. The van der Waals surface area contributed by atoms with Crippen LogP contribution in [0, 0.1) is 5.92 Å². The molecule has 4 heteroatoms. The number of nitrogens with zero attached hydrogens (tertiary/aromatic N) is 1. The van der Waals surface area contributed by atoms with Crippen LogP contribution in [-0.2, 0) is 10.0 Å². The molecule has 0 heterocycles. The molecule has 0 N–H and O–H groups in total. The molecular weight excluding hydrogens is 174 g/mol. The largest absolute Gasteiger partial charge is 0.213 e. The molecule has 3 nitrogen and oxygen atoms in total. The van der Waals surface area contributed by atoms with Gasteiger partial charge in [-0.25, -0.2) is 12.7 Å². The molecule has 0 radical (unpaired) electrons. The molecule has 0 aliphatic carbocycles. The molecule has 0 saturated carbocycles. The second-order valence-electron chi connectivity index (χ2n) is 3.23. The van der Waals surface area contributed by atoms with Gasteiger partial charge in [-0.05, 0) is 5.92 Å². The molecule has 0 bridgehead atoms. The second kappa shape index (κ2) is 4.82. The Balaban J connectivity index is 4.20. The fourth-order valence-corrected chi connectivity index (χ4v) is 1.97. The Morgan fingerprint density at radius 1 is 1.33 bits per heavy atom. The molecule has 0 aromatic carbocycles. The average Bonchev–Trinajstić information content (AvgIpc) is 1.97. The monoisotopic (exact) mass is 193 g/mol. The first-order valence-corrected chi connectivity index (χ1v) is 6.21. The molecule has 0 saturated heterocycles. The van der Waals surface area contributed by atoms with Gasteiger partial charge in [0.25, 0.3) is 0 Å². The molecule has 0 spiro atoms. The maximum Gasteiger partial charge on any atom is 0.211 e. The van der Waals surface area contributed by atoms with Crippen molar-refractivity contribution < 1.29 is 8.42 Å². The first-order valence-electron chi connectivity index (χ1n) is 4.36. The Morgan fingerprint density at radius 3 is 2.08 bits per heavy atom. The van der Waals surface area contributed by atoms with E-state index in [0.717, 1.165) is 6.42 Å². The van der Waals surface area contributed by atoms with E-state index in [1.165, 1.54) is 10.6 Å². The molecule has 0 aromatic rings. The molecule has 0 aromatic heterocycles. The molecule has 74 valence electrons. The lowest BCUT2D eigenvalue weighted by Gasteiger charge is -2.20. The van der Waals surface area contributed by atoms with Crippen LogP contribution in [0.25, 0.3) is 0 Å². The van der Waals surface area contributed by atoms with Crippen molar-refractivity contribution in [1.82, 2.24) is 4.31 Å². The lowest BCUT2D eigenvalue weighted by Crippen LogP contribution is -2.33. The van der Waals surface area contributed by atoms with Gasteiger partial charge in [-0.1, -0.05) is 27.2 Å². The molecule has 0 aliphatic rings. The van der Waals surface area contributed by atoms with Crippen molar-refractivity contribution in [3.05, 3.63) is 0 Å². The maximum absolute atomic E-state index is 11.1. The van der Waals surface area contributed by atoms with E-state index < -0.39 is 10.0 Å². The first kappa shape index (κ1) is 11.9. The van der Waals surface area contributed by atoms with E-state index in [1.807, 2.05) is 6.92 Å². The van der Waals surface area contributed by atoms with Gasteiger partial charge in [0, 0.05) is 13.1 Å². The van der Waals surface area contributed by atoms with Crippen LogP contribution in [0.2, 0.25) is 0 Å². The summed E-state index contributed by atoms with van der Waals surface area (Å²) in [6.45, 7) is 7.22. The predicted octanol–water partition coefficient (Wildman–Crippen LogP) is 1.31. The summed E-state index contributed by atoms with van der Waals surface area (Å²) in [6.07, 6.45) is 2.28. The summed E-state index contributed by atoms with van der Waals surface area (Å²) in [5, 5.41) is 0. The van der Waals surface area contributed by atoms with Crippen LogP contribution >= 0.6 is 0 Å². The third-order valence-corrected chi connectivity index (χ3v) is 3.38. The topological polar surface area (TPSA) is 37.4 Å². The van der Waals surface area contributed by atoms with E-state index in [4.69, 9.17) is 0 Å². The quantitative estimate of drug-likeness (QED) is 0.660. The lowest BCUT2D eigenvalue weighted by molar-refractivity contribution is 0.364. The Labute approximate surface area is 75.8 Å². The van der Waals surface area contributed by atoms with E-state index >= 15 is 0 Å². The van der Waals surface area contributed by atoms with Crippen molar-refractivity contribution in [2.24, 2.45) is 5.92 Å². The van der Waals surface area contributed by atoms with Crippen molar-refractivity contribution in [3.8, 4) is 0 Å². The zero-order chi connectivity index (χ0) is 9.78. The average molecular weight is 193 g/mol. The molecule has 1 unspecified atom stereocenters. The second-order valence-corrected chi connectivity index (χ2v) is 5.21. The third-order valence-electron chi connectivity index (χ3n) is 2.03. The minimum Gasteiger partial charge on any atom is -0.213 e. The SMILES string of the molecule is CCC(C)CN(CC)S(C)(=O)=O. The van der Waals surface area contributed by atoms with Crippen molar-refractivity contribution in [3.63, 3.8) is 0 Å². The third kappa shape index (κ3) is 4.07. The molecule has 1 atom stereocenters. The minimum absolute atomic E-state index is 0.444. The smallest absolute Gasteiger partial charge is 0.211 e. The van der Waals surface area contributed by atoms with Crippen molar-refractivity contribution in [1.29, 1.82) is 0 Å². The van der Waals surface area contributed by atoms with E-state index in [1.54, 1.807) is 0 Å². The maximum atomic E-state index is 11.1. The Morgan fingerprint density at radius 2 is 1.83 bits per heavy atom. The summed E-state index contributed by atoms with van der Waals surface area (Å²) >= 11 is 0. The molecule has 12 heavy (non-hydrogen) atoms. The number of rotatable bonds is 5. The zero-order valence-electron chi connectivity index (χ0n) is 8.37. The predicted molar refractivity (Wildman–Crippen MR) is 51.5 cm³/mol. The zero-order valence-corrected chi connectivity index (χ0v) is 9.19. The van der Waals surface area contributed by atoms with Gasteiger partial charge in [-0.2, -0.15) is 0 Å². The van der Waals surface area contributed by atoms with Gasteiger partial charge in [-0.15, -0.1) is 0 Å². The van der Waals surface area contributed by atoms with Crippen LogP contribution in [0.4, 0.5) is 0 Å². The van der Waals surface area contributed by atoms with Crippen LogP contribution < -0.4 is 0 Å². The highest BCUT2D eigenvalue weighted by Gasteiger charge is 2.15. The van der Waals surface area contributed by atoms with Crippen LogP contribution in [0.15, 0.2) is 0 Å². The minimum atomic E-state index is -2.99. The van der Waals surface area contributed by atoms with Crippen LogP contribution in [0.1, 0.15) is 27.2 Å². The van der Waals surface area contributed by atoms with E-state index in [-0.39, 0.29) is 0 Å². The molecule has 0 fully saturated rings. The van der Waals surface area contributed by atoms with Gasteiger partial charge in [0.15, 0.2) is 0 Å². The number of sulfonamides is 1. The molecule has 0 rings (SSSR count). The summed E-state index contributed by atoms with van der Waals surface area (Å²) < 4.78 is 23.8. The first-order chi connectivity index (χ1) is 5.41. The Bertz CT molecular complexity index is 211. The summed E-state index contributed by atoms with van der Waals surface area (Å²) in [4.78, 5) is 0. The van der Waals surface area contributed by atoms with Crippen LogP contribution in [-0.4, -0.2) is 32.1 Å². The summed E-state index contributed by atoms with van der Waals surface area (Å²) in [5.74, 6) is 0.444. The van der Waals surface area contributed by atoms with Crippen molar-refractivity contribution in [2.45, 2.75) is 27.2 Å². The lowest BCUT2D eigenvalue weighted by atomic mass is 10.1. The Hall–Kier alpha value is -0.0900. The van der Waals surface area contributed by atoms with Gasteiger partial charge in [0.05, 0.1) is 6.26 Å². The Kier molecular flexibility index (Phi) is 4.78. The molecular formula is C8H19NO2S. The van der Waals surface area contributed by atoms with Gasteiger partial charge in [-0.3, -0.25) is 0 Å². The van der Waals surface area contributed by atoms with Crippen molar-refractivity contribution in [2.75, 3.05) is 19.3 Å². The molecule has 0 aliphatic heterocycles. The summed E-state index contributed by atoms with van der Waals surface area (Å²) in [5.41, 5.74) is 0. The highest BCUT2D eigenvalue weighted by atomic mass is 32.2. The van der Waals surface area contributed by atoms with Gasteiger partial charge in [0.1, 0.15) is 0 Å². The van der Waals surface area contributed by atoms with E-state index in [2.05, 4.69) is 13.8 Å². The van der Waals surface area contributed by atoms with Gasteiger partial charge in [0.2, 0.25) is 10.0 Å². The van der Waals surface area contributed by atoms with E-state index in [0.29, 0.717) is 19.0 Å². The van der Waals surface area contributed by atoms with Gasteiger partial charge >= 0.3 is 0 Å². The van der Waals surface area contributed by atoms with Crippen molar-refractivity contribution >= 4 is 10.0 Å². The van der Waals surface area contributed by atoms with Crippen LogP contribution in [0.5, 0.6) is 0 Å². The number of hydrogen-bond donors (Lipinski definition) is 0. The standard InChI is InChI=1S/C8H19NO2S/c1-5-8(3)7-9(6-2)12(4,10)11/h8H,5-7H2,1-4H3. The molecule has 0 amide bonds. The van der Waals surface area contributed by atoms with E-state index in [9.17, 15) is 8.42 Å². The normalized spacial score (nSPS) is 15.1. The summed E-state index contributed by atoms with van der Waals surface area (Å²) in [7, 11) is -2.99.